The van der Waals surface area contributed by atoms with Crippen molar-refractivity contribution in [3.05, 3.63) is 29.5 Å². The molecule has 0 fully saturated rings. The van der Waals surface area contributed by atoms with Crippen LogP contribution >= 0.6 is 0 Å². The third-order valence-corrected chi connectivity index (χ3v) is 2.53. The van der Waals surface area contributed by atoms with Gasteiger partial charge in [-0.3, -0.25) is 4.79 Å². The van der Waals surface area contributed by atoms with Gasteiger partial charge in [-0.05, 0) is 19.1 Å². The average Bonchev–Trinajstić information content (AvgIpc) is 2.54. The minimum atomic E-state index is -0.878. The van der Waals surface area contributed by atoms with Crippen molar-refractivity contribution >= 4 is 16.9 Å². The number of aliphatic carboxylic acids is 1. The van der Waals surface area contributed by atoms with Gasteiger partial charge in [0.05, 0.1) is 18.9 Å². The zero-order valence-electron chi connectivity index (χ0n) is 9.11. The van der Waals surface area contributed by atoms with E-state index in [0.717, 1.165) is 5.39 Å². The predicted octanol–water partition coefficient (Wildman–Crippen LogP) is 2.38. The van der Waals surface area contributed by atoms with E-state index in [4.69, 9.17) is 14.3 Å². The molecule has 0 radical (unpaired) electrons. The second-order valence-corrected chi connectivity index (χ2v) is 3.54. The molecular weight excluding hydrogens is 208 g/mol. The van der Waals surface area contributed by atoms with Crippen LogP contribution in [0.15, 0.2) is 22.6 Å². The molecule has 0 bridgehead atoms. The van der Waals surface area contributed by atoms with Crippen molar-refractivity contribution in [3.63, 3.8) is 0 Å². The molecule has 4 nitrogen and oxygen atoms in total. The lowest BCUT2D eigenvalue weighted by Gasteiger charge is -2.02. The fraction of sp³-hybridized carbons (Fsp3) is 0.250. The topological polar surface area (TPSA) is 59.7 Å². The van der Waals surface area contributed by atoms with E-state index in [1.54, 1.807) is 26.2 Å². The minimum absolute atomic E-state index is 0.0563. The Bertz CT molecular complexity index is 539. The number of benzene rings is 1. The molecule has 16 heavy (non-hydrogen) atoms. The van der Waals surface area contributed by atoms with Crippen LogP contribution in [0.25, 0.3) is 11.0 Å². The van der Waals surface area contributed by atoms with Gasteiger partial charge < -0.3 is 14.3 Å². The molecule has 1 heterocycles. The maximum Gasteiger partial charge on any atom is 0.307 e. The lowest BCUT2D eigenvalue weighted by atomic mass is 10.1. The Morgan fingerprint density at radius 1 is 1.50 bits per heavy atom. The van der Waals surface area contributed by atoms with Gasteiger partial charge in [-0.15, -0.1) is 0 Å². The number of carboxylic acid groups (broad SMARTS) is 1. The second kappa shape index (κ2) is 3.89. The van der Waals surface area contributed by atoms with Crippen LogP contribution in [0.5, 0.6) is 5.75 Å². The molecule has 2 rings (SSSR count). The molecule has 0 amide bonds. The second-order valence-electron chi connectivity index (χ2n) is 3.54. The smallest absolute Gasteiger partial charge is 0.307 e. The summed E-state index contributed by atoms with van der Waals surface area (Å²) in [5, 5.41) is 9.60. The van der Waals surface area contributed by atoms with E-state index in [9.17, 15) is 4.79 Å². The Morgan fingerprint density at radius 3 is 2.88 bits per heavy atom. The highest BCUT2D eigenvalue weighted by Gasteiger charge is 2.17. The predicted molar refractivity (Wildman–Crippen MR) is 58.8 cm³/mol. The normalized spacial score (nSPS) is 10.6. The molecule has 4 heteroatoms. The summed E-state index contributed by atoms with van der Waals surface area (Å²) in [4.78, 5) is 10.8. The first-order valence-corrected chi connectivity index (χ1v) is 4.90. The van der Waals surface area contributed by atoms with Crippen LogP contribution in [0.2, 0.25) is 0 Å². The third-order valence-electron chi connectivity index (χ3n) is 2.53. The standard InChI is InChI=1S/C12H12O4/c1-7-8(6-11(13)14)12-9(15-2)4-3-5-10(12)16-7/h3-5H,6H2,1-2H3,(H,13,14). The van der Waals surface area contributed by atoms with E-state index < -0.39 is 5.97 Å². The largest absolute Gasteiger partial charge is 0.496 e. The molecule has 0 saturated heterocycles. The summed E-state index contributed by atoms with van der Waals surface area (Å²) in [6.07, 6.45) is -0.0563. The van der Waals surface area contributed by atoms with Gasteiger partial charge in [0.25, 0.3) is 0 Å². The Morgan fingerprint density at radius 2 is 2.25 bits per heavy atom. The highest BCUT2D eigenvalue weighted by Crippen LogP contribution is 2.33. The monoisotopic (exact) mass is 220 g/mol. The van der Waals surface area contributed by atoms with Gasteiger partial charge >= 0.3 is 5.97 Å². The number of fused-ring (bicyclic) bond motifs is 1. The van der Waals surface area contributed by atoms with Gasteiger partial charge in [0, 0.05) is 5.56 Å². The van der Waals surface area contributed by atoms with Crippen LogP contribution in [0, 0.1) is 6.92 Å². The molecule has 1 aromatic carbocycles. The Labute approximate surface area is 92.4 Å². The first kappa shape index (κ1) is 10.5. The highest BCUT2D eigenvalue weighted by atomic mass is 16.5. The first-order valence-electron chi connectivity index (χ1n) is 4.90. The number of ether oxygens (including phenoxy) is 1. The zero-order chi connectivity index (χ0) is 11.7. The van der Waals surface area contributed by atoms with Crippen molar-refractivity contribution in [1.82, 2.24) is 0 Å². The van der Waals surface area contributed by atoms with Crippen LogP contribution in [0.4, 0.5) is 0 Å². The lowest BCUT2D eigenvalue weighted by molar-refractivity contribution is -0.136. The third kappa shape index (κ3) is 1.62. The maximum absolute atomic E-state index is 10.8. The molecule has 2 aromatic rings. The summed E-state index contributed by atoms with van der Waals surface area (Å²) in [6.45, 7) is 1.76. The van der Waals surface area contributed by atoms with Crippen molar-refractivity contribution in [2.24, 2.45) is 0 Å². The van der Waals surface area contributed by atoms with Crippen molar-refractivity contribution in [3.8, 4) is 5.75 Å². The van der Waals surface area contributed by atoms with E-state index in [0.29, 0.717) is 22.7 Å². The van der Waals surface area contributed by atoms with E-state index in [1.807, 2.05) is 6.07 Å². The maximum atomic E-state index is 10.8. The highest BCUT2D eigenvalue weighted by molar-refractivity contribution is 5.91. The summed E-state index contributed by atoms with van der Waals surface area (Å²) in [5.41, 5.74) is 1.34. The number of rotatable bonds is 3. The van der Waals surface area contributed by atoms with Gasteiger partial charge in [-0.2, -0.15) is 0 Å². The molecule has 0 aliphatic carbocycles. The van der Waals surface area contributed by atoms with E-state index in [1.165, 1.54) is 0 Å². The fourth-order valence-electron chi connectivity index (χ4n) is 1.83. The fourth-order valence-corrected chi connectivity index (χ4v) is 1.83. The first-order chi connectivity index (χ1) is 7.63. The van der Waals surface area contributed by atoms with Crippen molar-refractivity contribution < 1.29 is 19.1 Å². The van der Waals surface area contributed by atoms with E-state index in [-0.39, 0.29) is 6.42 Å². The van der Waals surface area contributed by atoms with Crippen molar-refractivity contribution in [1.29, 1.82) is 0 Å². The Hall–Kier alpha value is -1.97. The molecular formula is C12H12O4. The molecule has 0 aliphatic rings. The quantitative estimate of drug-likeness (QED) is 0.862. The van der Waals surface area contributed by atoms with Crippen LogP contribution < -0.4 is 4.74 Å². The molecule has 84 valence electrons. The SMILES string of the molecule is COc1cccc2oc(C)c(CC(=O)O)c12. The number of furan rings is 1. The number of hydrogen-bond donors (Lipinski definition) is 1. The van der Waals surface area contributed by atoms with Gasteiger partial charge in [-0.25, -0.2) is 0 Å². The van der Waals surface area contributed by atoms with Gasteiger partial charge in [0.2, 0.25) is 0 Å². The molecule has 0 aliphatic heterocycles. The molecule has 0 saturated carbocycles. The lowest BCUT2D eigenvalue weighted by Crippen LogP contribution is -2.01. The minimum Gasteiger partial charge on any atom is -0.496 e. The zero-order valence-corrected chi connectivity index (χ0v) is 9.11. The Kier molecular flexibility index (Phi) is 2.56. The summed E-state index contributed by atoms with van der Waals surface area (Å²) in [6, 6.07) is 5.41. The van der Waals surface area contributed by atoms with E-state index >= 15 is 0 Å². The molecule has 1 aromatic heterocycles. The summed E-state index contributed by atoms with van der Waals surface area (Å²) in [7, 11) is 1.56. The van der Waals surface area contributed by atoms with Gasteiger partial charge in [-0.1, -0.05) is 6.07 Å². The summed E-state index contributed by atoms with van der Waals surface area (Å²) >= 11 is 0. The number of carbonyl (C=O) groups is 1. The molecule has 1 N–H and O–H groups in total. The molecule has 0 atom stereocenters. The number of carboxylic acids is 1. The number of aryl methyl sites for hydroxylation is 1. The van der Waals surface area contributed by atoms with Crippen LogP contribution in [-0.2, 0) is 11.2 Å². The molecule has 0 spiro atoms. The van der Waals surface area contributed by atoms with Crippen LogP contribution in [0.1, 0.15) is 11.3 Å². The van der Waals surface area contributed by atoms with Crippen molar-refractivity contribution in [2.45, 2.75) is 13.3 Å². The Balaban J connectivity index is 2.70. The van der Waals surface area contributed by atoms with Gasteiger partial charge in [0.15, 0.2) is 0 Å². The summed E-state index contributed by atoms with van der Waals surface area (Å²) in [5.74, 6) is 0.393. The van der Waals surface area contributed by atoms with Gasteiger partial charge in [0.1, 0.15) is 17.1 Å². The van der Waals surface area contributed by atoms with E-state index in [2.05, 4.69) is 0 Å². The van der Waals surface area contributed by atoms with Crippen molar-refractivity contribution in [2.75, 3.05) is 7.11 Å². The number of hydrogen-bond acceptors (Lipinski definition) is 3. The average molecular weight is 220 g/mol. The summed E-state index contributed by atoms with van der Waals surface area (Å²) < 4.78 is 10.7. The number of methoxy groups -OCH3 is 1. The molecule has 0 unspecified atom stereocenters. The van der Waals surface area contributed by atoms with Crippen LogP contribution in [0.3, 0.4) is 0 Å². The van der Waals surface area contributed by atoms with Crippen LogP contribution in [-0.4, -0.2) is 18.2 Å².